The monoisotopic (exact) mass is 376 g/mol. The molecule has 0 radical (unpaired) electrons. The molecule has 13 heavy (non-hydrogen) atoms. The van der Waals surface area contributed by atoms with Crippen LogP contribution in [0, 0.1) is 11.8 Å². The summed E-state index contributed by atoms with van der Waals surface area (Å²) < 4.78 is 1.61. The first kappa shape index (κ1) is 13.7. The average Bonchev–Trinajstić information content (AvgIpc) is 1.97. The van der Waals surface area contributed by atoms with Crippen LogP contribution in [0.15, 0.2) is 7.87 Å². The Kier molecular flexibility index (Phi) is 6.50. The second-order valence-corrected chi connectivity index (χ2v) is 6.67. The molecule has 0 fully saturated rings. The summed E-state index contributed by atoms with van der Waals surface area (Å²) in [6.07, 6.45) is 0.499. The molecule has 0 heterocycles. The smallest absolute Gasteiger partial charge is 0.307 e. The zero-order valence-corrected chi connectivity index (χ0v) is 12.1. The maximum absolute atomic E-state index is 10.8. The zero-order chi connectivity index (χ0) is 10.6. The van der Waals surface area contributed by atoms with Gasteiger partial charge in [0.15, 0.2) is 0 Å². The van der Waals surface area contributed by atoms with Gasteiger partial charge in [0.25, 0.3) is 0 Å². The van der Waals surface area contributed by atoms with Gasteiger partial charge >= 0.3 is 5.97 Å². The van der Waals surface area contributed by atoms with Crippen molar-refractivity contribution in [1.29, 1.82) is 0 Å². The van der Waals surface area contributed by atoms with E-state index in [1.807, 2.05) is 13.8 Å². The topological polar surface area (TPSA) is 37.3 Å². The van der Waals surface area contributed by atoms with Crippen molar-refractivity contribution in [3.8, 4) is 0 Å². The Balaban J connectivity index is 4.45. The average molecular weight is 379 g/mol. The first-order valence-corrected chi connectivity index (χ1v) is 6.16. The van der Waals surface area contributed by atoms with Gasteiger partial charge in [0.1, 0.15) is 0 Å². The molecule has 0 aromatic carbocycles. The van der Waals surface area contributed by atoms with E-state index in [0.717, 1.165) is 7.87 Å². The van der Waals surface area contributed by atoms with E-state index in [9.17, 15) is 4.79 Å². The molecule has 0 amide bonds. The van der Waals surface area contributed by atoms with Gasteiger partial charge in [-0.05, 0) is 44.2 Å². The number of halogens is 3. The third-order valence-corrected chi connectivity index (χ3v) is 4.47. The van der Waals surface area contributed by atoms with Crippen molar-refractivity contribution in [2.75, 3.05) is 0 Å². The summed E-state index contributed by atoms with van der Waals surface area (Å²) in [7, 11) is 0. The van der Waals surface area contributed by atoms with Crippen LogP contribution in [-0.2, 0) is 4.79 Å². The predicted octanol–water partition coefficient (Wildman–Crippen LogP) is 4.09. The number of carboxylic acids is 1. The first-order valence-electron chi connectivity index (χ1n) is 3.78. The van der Waals surface area contributed by atoms with Crippen LogP contribution in [0.1, 0.15) is 20.3 Å². The second kappa shape index (κ2) is 6.19. The van der Waals surface area contributed by atoms with E-state index in [2.05, 4.69) is 47.8 Å². The Morgan fingerprint density at radius 2 is 1.77 bits per heavy atom. The highest BCUT2D eigenvalue weighted by Gasteiger charge is 2.22. The highest BCUT2D eigenvalue weighted by atomic mass is 79.9. The number of aliphatic carboxylic acids is 1. The van der Waals surface area contributed by atoms with Crippen molar-refractivity contribution in [2.45, 2.75) is 20.3 Å². The predicted molar refractivity (Wildman–Crippen MR) is 64.4 cm³/mol. The number of allylic oxidation sites excluding steroid dienone is 1. The molecule has 76 valence electrons. The number of hydrogen-bond acceptors (Lipinski definition) is 1. The summed E-state index contributed by atoms with van der Waals surface area (Å²) in [6, 6.07) is 0. The molecule has 0 bridgehead atoms. The molecule has 1 N–H and O–H groups in total. The van der Waals surface area contributed by atoms with Crippen LogP contribution in [-0.4, -0.2) is 11.1 Å². The minimum atomic E-state index is -0.756. The van der Waals surface area contributed by atoms with Gasteiger partial charge in [-0.2, -0.15) is 0 Å². The van der Waals surface area contributed by atoms with Crippen molar-refractivity contribution >= 4 is 53.8 Å². The van der Waals surface area contributed by atoms with Crippen molar-refractivity contribution < 1.29 is 9.90 Å². The SMILES string of the molecule is CC(C)C(CC(Br)=C(Br)Br)C(=O)O. The summed E-state index contributed by atoms with van der Waals surface area (Å²) >= 11 is 9.75. The van der Waals surface area contributed by atoms with Crippen LogP contribution >= 0.6 is 47.8 Å². The highest BCUT2D eigenvalue weighted by Crippen LogP contribution is 2.31. The molecule has 0 aliphatic carbocycles. The summed E-state index contributed by atoms with van der Waals surface area (Å²) in [5.74, 6) is -0.975. The van der Waals surface area contributed by atoms with E-state index in [4.69, 9.17) is 5.11 Å². The van der Waals surface area contributed by atoms with Gasteiger partial charge in [-0.15, -0.1) is 0 Å². The molecule has 0 aromatic rings. The fraction of sp³-hybridized carbons (Fsp3) is 0.625. The lowest BCUT2D eigenvalue weighted by atomic mass is 9.93. The molecule has 5 heteroatoms. The minimum absolute atomic E-state index is 0.129. The van der Waals surface area contributed by atoms with E-state index in [1.165, 1.54) is 0 Å². The number of hydrogen-bond donors (Lipinski definition) is 1. The maximum atomic E-state index is 10.8. The Morgan fingerprint density at radius 1 is 1.31 bits per heavy atom. The first-order chi connectivity index (χ1) is 5.86. The Labute approximate surface area is 103 Å². The quantitative estimate of drug-likeness (QED) is 0.800. The van der Waals surface area contributed by atoms with Crippen molar-refractivity contribution in [1.82, 2.24) is 0 Å². The number of carboxylic acid groups (broad SMARTS) is 1. The summed E-state index contributed by atoms with van der Waals surface area (Å²) in [4.78, 5) is 10.8. The molecule has 0 spiro atoms. The molecular weight excluding hydrogens is 368 g/mol. The molecule has 2 nitrogen and oxygen atoms in total. The largest absolute Gasteiger partial charge is 0.481 e. The minimum Gasteiger partial charge on any atom is -0.481 e. The molecule has 1 unspecified atom stereocenters. The lowest BCUT2D eigenvalue weighted by molar-refractivity contribution is -0.143. The normalized spacial score (nSPS) is 12.8. The van der Waals surface area contributed by atoms with Gasteiger partial charge in [-0.25, -0.2) is 0 Å². The van der Waals surface area contributed by atoms with E-state index in [0.29, 0.717) is 6.42 Å². The molecule has 1 atom stereocenters. The molecule has 0 saturated carbocycles. The fourth-order valence-electron chi connectivity index (χ4n) is 0.878. The molecule has 0 saturated heterocycles. The fourth-order valence-corrected chi connectivity index (χ4v) is 1.55. The van der Waals surface area contributed by atoms with Gasteiger partial charge < -0.3 is 5.11 Å². The van der Waals surface area contributed by atoms with Crippen LogP contribution < -0.4 is 0 Å². The standard InChI is InChI=1S/C8H11Br3O2/c1-4(2)5(8(12)13)3-6(9)7(10)11/h4-5H,3H2,1-2H3,(H,12,13). The van der Waals surface area contributed by atoms with E-state index in [1.54, 1.807) is 0 Å². The van der Waals surface area contributed by atoms with Gasteiger partial charge in [0, 0.05) is 4.48 Å². The van der Waals surface area contributed by atoms with Gasteiger partial charge in [-0.3, -0.25) is 4.79 Å². The van der Waals surface area contributed by atoms with Gasteiger partial charge in [-0.1, -0.05) is 29.8 Å². The van der Waals surface area contributed by atoms with Crippen molar-refractivity contribution in [3.05, 3.63) is 7.87 Å². The van der Waals surface area contributed by atoms with E-state index < -0.39 is 5.97 Å². The van der Waals surface area contributed by atoms with Crippen LogP contribution in [0.5, 0.6) is 0 Å². The van der Waals surface area contributed by atoms with E-state index >= 15 is 0 Å². The molecule has 0 aromatic heterocycles. The lowest BCUT2D eigenvalue weighted by Gasteiger charge is -2.15. The Morgan fingerprint density at radius 3 is 2.00 bits per heavy atom. The Hall–Kier alpha value is 0.650. The third-order valence-electron chi connectivity index (χ3n) is 1.73. The van der Waals surface area contributed by atoms with Crippen molar-refractivity contribution in [3.63, 3.8) is 0 Å². The summed E-state index contributed by atoms with van der Waals surface area (Å²) in [5, 5.41) is 8.90. The van der Waals surface area contributed by atoms with Gasteiger partial charge in [0.2, 0.25) is 0 Å². The molecule has 0 rings (SSSR count). The molecule has 0 aliphatic rings. The van der Waals surface area contributed by atoms with Gasteiger partial charge in [0.05, 0.1) is 9.31 Å². The number of rotatable bonds is 4. The molecular formula is C8H11Br3O2. The van der Waals surface area contributed by atoms with Crippen LogP contribution in [0.4, 0.5) is 0 Å². The summed E-state index contributed by atoms with van der Waals surface area (Å²) in [6.45, 7) is 3.81. The zero-order valence-electron chi connectivity index (χ0n) is 7.35. The highest BCUT2D eigenvalue weighted by molar-refractivity contribution is 9.29. The third kappa shape index (κ3) is 5.18. The Bertz CT molecular complexity index is 219. The van der Waals surface area contributed by atoms with Crippen LogP contribution in [0.3, 0.4) is 0 Å². The van der Waals surface area contributed by atoms with E-state index in [-0.39, 0.29) is 11.8 Å². The van der Waals surface area contributed by atoms with Crippen LogP contribution in [0.2, 0.25) is 0 Å². The second-order valence-electron chi connectivity index (χ2n) is 3.06. The number of carbonyl (C=O) groups is 1. The lowest BCUT2D eigenvalue weighted by Crippen LogP contribution is -2.19. The van der Waals surface area contributed by atoms with Crippen LogP contribution in [0.25, 0.3) is 0 Å². The molecule has 0 aliphatic heterocycles. The van der Waals surface area contributed by atoms with Crippen molar-refractivity contribution in [2.24, 2.45) is 11.8 Å². The maximum Gasteiger partial charge on any atom is 0.307 e. The summed E-state index contributed by atoms with van der Waals surface area (Å²) in [5.41, 5.74) is 0.